The molecule has 0 radical (unpaired) electrons. The van der Waals surface area contributed by atoms with E-state index in [1.807, 2.05) is 42.5 Å². The van der Waals surface area contributed by atoms with E-state index in [-0.39, 0.29) is 13.2 Å². The molecule has 0 saturated carbocycles. The number of rotatable bonds is 6. The van der Waals surface area contributed by atoms with Crippen molar-refractivity contribution in [3.63, 3.8) is 0 Å². The summed E-state index contributed by atoms with van der Waals surface area (Å²) in [6.45, 7) is 4.04. The minimum Gasteiger partial charge on any atom is -0.497 e. The zero-order valence-corrected chi connectivity index (χ0v) is 16.7. The molecular formula is C23H23NO5. The Morgan fingerprint density at radius 3 is 2.38 bits per heavy atom. The van der Waals surface area contributed by atoms with Crippen molar-refractivity contribution in [1.82, 2.24) is 4.57 Å². The van der Waals surface area contributed by atoms with Gasteiger partial charge in [0, 0.05) is 23.1 Å². The summed E-state index contributed by atoms with van der Waals surface area (Å²) in [5.41, 5.74) is 2.80. The third-order valence-corrected chi connectivity index (χ3v) is 4.38. The number of hydrogen-bond acceptors (Lipinski definition) is 5. The largest absolute Gasteiger partial charge is 0.497 e. The van der Waals surface area contributed by atoms with Gasteiger partial charge in [-0.25, -0.2) is 14.2 Å². The zero-order valence-electron chi connectivity index (χ0n) is 16.7. The van der Waals surface area contributed by atoms with Gasteiger partial charge in [-0.2, -0.15) is 0 Å². The van der Waals surface area contributed by atoms with Crippen molar-refractivity contribution in [3.05, 3.63) is 60.2 Å². The first-order chi connectivity index (χ1) is 14.1. The molecular weight excluding hydrogens is 370 g/mol. The van der Waals surface area contributed by atoms with Gasteiger partial charge in [-0.15, -0.1) is 0 Å². The minimum absolute atomic E-state index is 0.241. The maximum Gasteiger partial charge on any atom is 0.418 e. The molecule has 6 heteroatoms. The lowest BCUT2D eigenvalue weighted by Gasteiger charge is -2.10. The average molecular weight is 393 g/mol. The van der Waals surface area contributed by atoms with Gasteiger partial charge in [0.25, 0.3) is 0 Å². The van der Waals surface area contributed by atoms with Crippen LogP contribution in [0.15, 0.2) is 54.6 Å². The predicted octanol–water partition coefficient (Wildman–Crippen LogP) is 4.90. The fourth-order valence-electron chi connectivity index (χ4n) is 3.19. The van der Waals surface area contributed by atoms with Crippen molar-refractivity contribution in [2.75, 3.05) is 20.3 Å². The maximum atomic E-state index is 12.9. The van der Waals surface area contributed by atoms with Crippen LogP contribution in [-0.4, -0.2) is 37.0 Å². The standard InChI is InChI=1S/C23H23NO5/c1-4-28-21(25)14-13-19-18-12-11-17(27-3)15-20(18)24(23(26)29-5-2)22(19)16-9-7-6-8-10-16/h6-15H,4-5H2,1-3H3/b14-13+. The number of benzene rings is 2. The Morgan fingerprint density at radius 1 is 1.00 bits per heavy atom. The van der Waals surface area contributed by atoms with Gasteiger partial charge in [0.15, 0.2) is 0 Å². The molecule has 29 heavy (non-hydrogen) atoms. The highest BCUT2D eigenvalue weighted by Crippen LogP contribution is 2.36. The third-order valence-electron chi connectivity index (χ3n) is 4.38. The summed E-state index contributed by atoms with van der Waals surface area (Å²) in [6.07, 6.45) is 2.54. The summed E-state index contributed by atoms with van der Waals surface area (Å²) >= 11 is 0. The van der Waals surface area contributed by atoms with E-state index in [1.165, 1.54) is 10.6 Å². The van der Waals surface area contributed by atoms with Crippen molar-refractivity contribution in [1.29, 1.82) is 0 Å². The number of hydrogen-bond donors (Lipinski definition) is 0. The second kappa shape index (κ2) is 9.10. The van der Waals surface area contributed by atoms with Crippen LogP contribution >= 0.6 is 0 Å². The summed E-state index contributed by atoms with van der Waals surface area (Å²) in [7, 11) is 1.57. The molecule has 0 aliphatic carbocycles. The molecule has 0 aliphatic heterocycles. The Kier molecular flexibility index (Phi) is 6.34. The van der Waals surface area contributed by atoms with Crippen LogP contribution in [0.25, 0.3) is 28.2 Å². The summed E-state index contributed by atoms with van der Waals surface area (Å²) in [6, 6.07) is 14.9. The Hall–Kier alpha value is -3.54. The van der Waals surface area contributed by atoms with Crippen LogP contribution in [0.2, 0.25) is 0 Å². The van der Waals surface area contributed by atoms with E-state index in [1.54, 1.807) is 33.1 Å². The quantitative estimate of drug-likeness (QED) is 0.440. The second-order valence-corrected chi connectivity index (χ2v) is 6.13. The molecule has 1 aromatic heterocycles. The van der Waals surface area contributed by atoms with E-state index in [2.05, 4.69) is 0 Å². The van der Waals surface area contributed by atoms with Crippen LogP contribution in [-0.2, 0) is 14.3 Å². The fourth-order valence-corrected chi connectivity index (χ4v) is 3.19. The van der Waals surface area contributed by atoms with Crippen LogP contribution in [0, 0.1) is 0 Å². The predicted molar refractivity (Wildman–Crippen MR) is 112 cm³/mol. The minimum atomic E-state index is -0.500. The molecule has 0 fully saturated rings. The van der Waals surface area contributed by atoms with Gasteiger partial charge in [-0.05, 0) is 37.6 Å². The lowest BCUT2D eigenvalue weighted by molar-refractivity contribution is -0.137. The van der Waals surface area contributed by atoms with Crippen LogP contribution in [0.4, 0.5) is 4.79 Å². The summed E-state index contributed by atoms with van der Waals surface area (Å²) in [4.78, 5) is 24.8. The van der Waals surface area contributed by atoms with Gasteiger partial charge in [0.2, 0.25) is 0 Å². The number of methoxy groups -OCH3 is 1. The van der Waals surface area contributed by atoms with Crippen molar-refractivity contribution in [3.8, 4) is 17.0 Å². The van der Waals surface area contributed by atoms with E-state index < -0.39 is 12.1 Å². The summed E-state index contributed by atoms with van der Waals surface area (Å²) in [5.74, 6) is 0.165. The number of ether oxygens (including phenoxy) is 3. The van der Waals surface area contributed by atoms with Gasteiger partial charge >= 0.3 is 12.1 Å². The van der Waals surface area contributed by atoms with Crippen LogP contribution < -0.4 is 4.74 Å². The van der Waals surface area contributed by atoms with Crippen molar-refractivity contribution in [2.24, 2.45) is 0 Å². The molecule has 0 N–H and O–H groups in total. The Balaban J connectivity index is 2.34. The number of fused-ring (bicyclic) bond motifs is 1. The highest BCUT2D eigenvalue weighted by atomic mass is 16.5. The Labute approximate surface area is 169 Å². The molecule has 2 aromatic carbocycles. The molecule has 0 spiro atoms. The van der Waals surface area contributed by atoms with E-state index in [4.69, 9.17) is 14.2 Å². The highest BCUT2D eigenvalue weighted by molar-refractivity contribution is 6.05. The van der Waals surface area contributed by atoms with Crippen molar-refractivity contribution < 1.29 is 23.8 Å². The van der Waals surface area contributed by atoms with Crippen molar-refractivity contribution in [2.45, 2.75) is 13.8 Å². The van der Waals surface area contributed by atoms with E-state index >= 15 is 0 Å². The third kappa shape index (κ3) is 4.16. The number of aromatic nitrogens is 1. The summed E-state index contributed by atoms with van der Waals surface area (Å²) < 4.78 is 17.2. The number of esters is 1. The second-order valence-electron chi connectivity index (χ2n) is 6.13. The average Bonchev–Trinajstić information content (AvgIpc) is 3.06. The molecule has 3 rings (SSSR count). The normalized spacial score (nSPS) is 11.0. The fraction of sp³-hybridized carbons (Fsp3) is 0.217. The van der Waals surface area contributed by atoms with Gasteiger partial charge in [0.1, 0.15) is 5.75 Å². The van der Waals surface area contributed by atoms with Gasteiger partial charge in [0.05, 0.1) is 31.5 Å². The molecule has 0 aliphatic rings. The molecule has 0 unspecified atom stereocenters. The van der Waals surface area contributed by atoms with Gasteiger partial charge < -0.3 is 14.2 Å². The van der Waals surface area contributed by atoms with E-state index in [9.17, 15) is 9.59 Å². The smallest absolute Gasteiger partial charge is 0.418 e. The van der Waals surface area contributed by atoms with E-state index in [0.29, 0.717) is 17.0 Å². The molecule has 0 bridgehead atoms. The molecule has 150 valence electrons. The maximum absolute atomic E-state index is 12.9. The zero-order chi connectivity index (χ0) is 20.8. The molecule has 0 atom stereocenters. The lowest BCUT2D eigenvalue weighted by Crippen LogP contribution is -2.14. The SMILES string of the molecule is CCOC(=O)/C=C/c1c(-c2ccccc2)n(C(=O)OCC)c2cc(OC)ccc12. The highest BCUT2D eigenvalue weighted by Gasteiger charge is 2.23. The molecule has 3 aromatic rings. The topological polar surface area (TPSA) is 66.8 Å². The Morgan fingerprint density at radius 2 is 1.72 bits per heavy atom. The molecule has 0 saturated heterocycles. The number of nitrogens with zero attached hydrogens (tertiary/aromatic N) is 1. The van der Waals surface area contributed by atoms with Crippen LogP contribution in [0.5, 0.6) is 5.75 Å². The molecule has 0 amide bonds. The summed E-state index contributed by atoms with van der Waals surface area (Å²) in [5, 5.41) is 0.790. The van der Waals surface area contributed by atoms with E-state index in [0.717, 1.165) is 16.5 Å². The molecule has 1 heterocycles. The first-order valence-corrected chi connectivity index (χ1v) is 9.40. The number of carbonyl (C=O) groups is 2. The monoisotopic (exact) mass is 393 g/mol. The lowest BCUT2D eigenvalue weighted by atomic mass is 10.0. The van der Waals surface area contributed by atoms with Crippen LogP contribution in [0.1, 0.15) is 19.4 Å². The van der Waals surface area contributed by atoms with Crippen molar-refractivity contribution >= 4 is 29.0 Å². The first-order valence-electron chi connectivity index (χ1n) is 9.40. The molecule has 6 nitrogen and oxygen atoms in total. The Bertz CT molecular complexity index is 1050. The number of carbonyl (C=O) groups excluding carboxylic acids is 2. The first kappa shape index (κ1) is 20.2. The van der Waals surface area contributed by atoms with Gasteiger partial charge in [-0.3, -0.25) is 0 Å². The van der Waals surface area contributed by atoms with Gasteiger partial charge in [-0.1, -0.05) is 30.3 Å². The van der Waals surface area contributed by atoms with Crippen LogP contribution in [0.3, 0.4) is 0 Å².